The van der Waals surface area contributed by atoms with Gasteiger partial charge in [0.15, 0.2) is 0 Å². The van der Waals surface area contributed by atoms with E-state index in [2.05, 4.69) is 12.1 Å². The Morgan fingerprint density at radius 1 is 1.17 bits per heavy atom. The van der Waals surface area contributed by atoms with Crippen LogP contribution in [0, 0.1) is 0 Å². The van der Waals surface area contributed by atoms with E-state index in [0.29, 0.717) is 19.4 Å². The van der Waals surface area contributed by atoms with E-state index < -0.39 is 5.41 Å². The molecule has 1 fully saturated rings. The topological polar surface area (TPSA) is 55.6 Å². The average molecular weight is 324 g/mol. The first kappa shape index (κ1) is 16.7. The van der Waals surface area contributed by atoms with Crippen molar-refractivity contribution in [3.05, 3.63) is 71.8 Å². The molecule has 0 aliphatic carbocycles. The molecule has 4 nitrogen and oxygen atoms in total. The number of esters is 1. The molecule has 2 N–H and O–H groups in total. The molecule has 1 aliphatic heterocycles. The van der Waals surface area contributed by atoms with Crippen LogP contribution in [0.5, 0.6) is 0 Å². The summed E-state index contributed by atoms with van der Waals surface area (Å²) in [5, 5.41) is 1.87. The van der Waals surface area contributed by atoms with Crippen LogP contribution < -0.4 is 5.84 Å². The number of ether oxygens (including phenoxy) is 1. The quantitative estimate of drug-likeness (QED) is 0.694. The van der Waals surface area contributed by atoms with Crippen LogP contribution in [0.4, 0.5) is 0 Å². The van der Waals surface area contributed by atoms with Gasteiger partial charge in [-0.25, -0.2) is 5.01 Å². The summed E-state index contributed by atoms with van der Waals surface area (Å²) < 4.78 is 5.18. The van der Waals surface area contributed by atoms with E-state index in [1.54, 1.807) is 0 Å². The van der Waals surface area contributed by atoms with Crippen molar-refractivity contribution < 1.29 is 9.53 Å². The molecule has 0 bridgehead atoms. The summed E-state index contributed by atoms with van der Waals surface area (Å²) >= 11 is 0. The van der Waals surface area contributed by atoms with Gasteiger partial charge in [0.25, 0.3) is 0 Å². The molecule has 0 amide bonds. The fourth-order valence-electron chi connectivity index (χ4n) is 3.72. The first-order chi connectivity index (χ1) is 11.7. The zero-order chi connectivity index (χ0) is 17.0. The Bertz CT molecular complexity index is 675. The number of rotatable bonds is 4. The van der Waals surface area contributed by atoms with Crippen molar-refractivity contribution in [3.8, 4) is 0 Å². The summed E-state index contributed by atoms with van der Waals surface area (Å²) in [6, 6.07) is 20.3. The van der Waals surface area contributed by atoms with Gasteiger partial charge in [0.05, 0.1) is 12.5 Å². The number of methoxy groups -OCH3 is 1. The third-order valence-electron chi connectivity index (χ3n) is 5.07. The maximum Gasteiger partial charge on any atom is 0.316 e. The van der Waals surface area contributed by atoms with Crippen molar-refractivity contribution in [3.63, 3.8) is 0 Å². The molecule has 126 valence electrons. The SMILES string of the molecule is COC(=O)C1(c2ccccc2)CCN(N)C(Cc2ccccc2)C1. The predicted molar refractivity (Wildman–Crippen MR) is 94.2 cm³/mol. The van der Waals surface area contributed by atoms with Gasteiger partial charge in [-0.3, -0.25) is 10.6 Å². The number of hydrazine groups is 1. The number of carbonyl (C=O) groups excluding carboxylic acids is 1. The average Bonchev–Trinajstić information content (AvgIpc) is 2.64. The second-order valence-electron chi connectivity index (χ2n) is 6.48. The fourth-order valence-corrected chi connectivity index (χ4v) is 3.72. The van der Waals surface area contributed by atoms with Gasteiger partial charge in [-0.2, -0.15) is 0 Å². The van der Waals surface area contributed by atoms with Crippen molar-refractivity contribution in [1.82, 2.24) is 5.01 Å². The number of carbonyl (C=O) groups is 1. The molecule has 1 saturated heterocycles. The van der Waals surface area contributed by atoms with Gasteiger partial charge >= 0.3 is 5.97 Å². The Kier molecular flexibility index (Phi) is 4.97. The second-order valence-corrected chi connectivity index (χ2v) is 6.48. The fraction of sp³-hybridized carbons (Fsp3) is 0.350. The van der Waals surface area contributed by atoms with E-state index >= 15 is 0 Å². The minimum absolute atomic E-state index is 0.0976. The van der Waals surface area contributed by atoms with Gasteiger partial charge in [-0.15, -0.1) is 0 Å². The normalized spacial score (nSPS) is 24.5. The number of benzene rings is 2. The summed E-state index contributed by atoms with van der Waals surface area (Å²) in [5.41, 5.74) is 1.63. The molecule has 0 spiro atoms. The first-order valence-electron chi connectivity index (χ1n) is 8.35. The molecule has 4 heteroatoms. The van der Waals surface area contributed by atoms with Crippen molar-refractivity contribution in [2.24, 2.45) is 5.84 Å². The van der Waals surface area contributed by atoms with Crippen LogP contribution in [-0.4, -0.2) is 30.7 Å². The molecular weight excluding hydrogens is 300 g/mol. The molecule has 0 aromatic heterocycles. The summed E-state index contributed by atoms with van der Waals surface area (Å²) in [4.78, 5) is 12.7. The Morgan fingerprint density at radius 3 is 2.42 bits per heavy atom. The lowest BCUT2D eigenvalue weighted by molar-refractivity contribution is -0.150. The van der Waals surface area contributed by atoms with Crippen molar-refractivity contribution in [2.45, 2.75) is 30.7 Å². The van der Waals surface area contributed by atoms with Crippen LogP contribution in [0.25, 0.3) is 0 Å². The van der Waals surface area contributed by atoms with E-state index in [1.807, 2.05) is 53.5 Å². The summed E-state index contributed by atoms with van der Waals surface area (Å²) in [6.07, 6.45) is 2.16. The molecular formula is C20H24N2O2. The molecule has 1 heterocycles. The molecule has 24 heavy (non-hydrogen) atoms. The molecule has 2 unspecified atom stereocenters. The lowest BCUT2D eigenvalue weighted by atomic mass is 9.70. The Hall–Kier alpha value is -2.17. The van der Waals surface area contributed by atoms with Crippen LogP contribution in [0.15, 0.2) is 60.7 Å². The van der Waals surface area contributed by atoms with Gasteiger partial charge in [-0.1, -0.05) is 60.7 Å². The highest BCUT2D eigenvalue weighted by atomic mass is 16.5. The highest BCUT2D eigenvalue weighted by Crippen LogP contribution is 2.39. The predicted octanol–water partition coefficient (Wildman–Crippen LogP) is 2.68. The van der Waals surface area contributed by atoms with Crippen molar-refractivity contribution in [2.75, 3.05) is 13.7 Å². The van der Waals surface area contributed by atoms with E-state index in [0.717, 1.165) is 12.0 Å². The maximum atomic E-state index is 12.7. The van der Waals surface area contributed by atoms with Gasteiger partial charge in [-0.05, 0) is 30.4 Å². The van der Waals surface area contributed by atoms with E-state index in [4.69, 9.17) is 10.6 Å². The number of piperidine rings is 1. The molecule has 3 rings (SSSR count). The van der Waals surface area contributed by atoms with Crippen LogP contribution >= 0.6 is 0 Å². The second kappa shape index (κ2) is 7.16. The summed E-state index contributed by atoms with van der Waals surface area (Å²) in [7, 11) is 1.47. The highest BCUT2D eigenvalue weighted by molar-refractivity contribution is 5.83. The van der Waals surface area contributed by atoms with Crippen LogP contribution in [-0.2, 0) is 21.4 Å². The van der Waals surface area contributed by atoms with E-state index in [-0.39, 0.29) is 12.0 Å². The molecule has 2 aromatic carbocycles. The molecule has 2 aromatic rings. The van der Waals surface area contributed by atoms with Gasteiger partial charge < -0.3 is 4.74 Å². The maximum absolute atomic E-state index is 12.7. The van der Waals surface area contributed by atoms with Crippen LogP contribution in [0.2, 0.25) is 0 Å². The smallest absolute Gasteiger partial charge is 0.316 e. The van der Waals surface area contributed by atoms with Crippen LogP contribution in [0.1, 0.15) is 24.0 Å². The molecule has 2 atom stereocenters. The lowest BCUT2D eigenvalue weighted by Crippen LogP contribution is -2.56. The highest BCUT2D eigenvalue weighted by Gasteiger charge is 2.47. The van der Waals surface area contributed by atoms with Gasteiger partial charge in [0.1, 0.15) is 0 Å². The standard InChI is InChI=1S/C20H24N2O2/c1-24-19(23)20(17-10-6-3-7-11-17)12-13-22(21)18(15-20)14-16-8-4-2-5-9-16/h2-11,18H,12-15,21H2,1H3. The number of nitrogens with zero attached hydrogens (tertiary/aromatic N) is 1. The number of hydrogen-bond donors (Lipinski definition) is 1. The Morgan fingerprint density at radius 2 is 1.79 bits per heavy atom. The van der Waals surface area contributed by atoms with Gasteiger partial charge in [0.2, 0.25) is 0 Å². The number of nitrogens with two attached hydrogens (primary N) is 1. The molecule has 0 saturated carbocycles. The Balaban J connectivity index is 1.91. The van der Waals surface area contributed by atoms with Crippen molar-refractivity contribution >= 4 is 5.97 Å². The van der Waals surface area contributed by atoms with Crippen LogP contribution in [0.3, 0.4) is 0 Å². The molecule has 1 aliphatic rings. The van der Waals surface area contributed by atoms with E-state index in [1.165, 1.54) is 12.7 Å². The third kappa shape index (κ3) is 3.21. The van der Waals surface area contributed by atoms with Crippen molar-refractivity contribution in [1.29, 1.82) is 0 Å². The minimum Gasteiger partial charge on any atom is -0.468 e. The summed E-state index contributed by atoms with van der Waals surface area (Å²) in [5.74, 6) is 6.08. The summed E-state index contributed by atoms with van der Waals surface area (Å²) in [6.45, 7) is 0.668. The zero-order valence-electron chi connectivity index (χ0n) is 14.0. The van der Waals surface area contributed by atoms with Gasteiger partial charge in [0, 0.05) is 12.6 Å². The zero-order valence-corrected chi connectivity index (χ0v) is 14.0. The molecule has 0 radical (unpaired) electrons. The number of hydrogen-bond acceptors (Lipinski definition) is 4. The first-order valence-corrected chi connectivity index (χ1v) is 8.35. The van der Waals surface area contributed by atoms with E-state index in [9.17, 15) is 4.79 Å². The minimum atomic E-state index is -0.620. The lowest BCUT2D eigenvalue weighted by Gasteiger charge is -2.43. The third-order valence-corrected chi connectivity index (χ3v) is 5.07. The Labute approximate surface area is 143 Å². The largest absolute Gasteiger partial charge is 0.468 e. The monoisotopic (exact) mass is 324 g/mol.